The summed E-state index contributed by atoms with van der Waals surface area (Å²) in [6, 6.07) is 7.57. The number of rotatable bonds is 3. The summed E-state index contributed by atoms with van der Waals surface area (Å²) in [7, 11) is 0. The van der Waals surface area contributed by atoms with Crippen LogP contribution in [0.15, 0.2) is 24.3 Å². The number of halogens is 1. The molecule has 0 saturated heterocycles. The molecular formula is C11H17FO. The standard InChI is InChI=1S/C9H11FO.C2H6/c1-8-3-2-4-9(7-8)11-6-5-10;1-2/h2-4,7H,5-6H2,1H3;1-2H3. The zero-order chi connectivity index (χ0) is 10.1. The van der Waals surface area contributed by atoms with Crippen LogP contribution >= 0.6 is 0 Å². The Balaban J connectivity index is 0.000000671. The first-order chi connectivity index (χ1) is 6.33. The summed E-state index contributed by atoms with van der Waals surface area (Å²) in [4.78, 5) is 0. The van der Waals surface area contributed by atoms with E-state index < -0.39 is 6.67 Å². The lowest BCUT2D eigenvalue weighted by Gasteiger charge is -2.02. The van der Waals surface area contributed by atoms with Crippen LogP contribution in [0.4, 0.5) is 4.39 Å². The van der Waals surface area contributed by atoms with Crippen molar-refractivity contribution in [3.8, 4) is 5.75 Å². The van der Waals surface area contributed by atoms with Crippen molar-refractivity contribution in [2.45, 2.75) is 20.8 Å². The van der Waals surface area contributed by atoms with Gasteiger partial charge >= 0.3 is 0 Å². The quantitative estimate of drug-likeness (QED) is 0.699. The van der Waals surface area contributed by atoms with Crippen LogP contribution in [0.25, 0.3) is 0 Å². The molecule has 1 aromatic carbocycles. The highest BCUT2D eigenvalue weighted by Gasteiger charge is 1.91. The third-order valence-corrected chi connectivity index (χ3v) is 1.34. The Morgan fingerprint density at radius 3 is 2.54 bits per heavy atom. The lowest BCUT2D eigenvalue weighted by Crippen LogP contribution is -1.98. The summed E-state index contributed by atoms with van der Waals surface area (Å²) in [6.45, 7) is 5.68. The molecule has 0 radical (unpaired) electrons. The van der Waals surface area contributed by atoms with Crippen LogP contribution in [0.1, 0.15) is 19.4 Å². The van der Waals surface area contributed by atoms with Gasteiger partial charge in [-0.1, -0.05) is 26.0 Å². The molecule has 0 aromatic heterocycles. The summed E-state index contributed by atoms with van der Waals surface area (Å²) >= 11 is 0. The molecule has 0 spiro atoms. The molecule has 0 fully saturated rings. The monoisotopic (exact) mass is 184 g/mol. The molecule has 0 N–H and O–H groups in total. The summed E-state index contributed by atoms with van der Waals surface area (Å²) < 4.78 is 16.7. The molecule has 0 bridgehead atoms. The Morgan fingerprint density at radius 1 is 1.31 bits per heavy atom. The van der Waals surface area contributed by atoms with E-state index in [-0.39, 0.29) is 6.61 Å². The second-order valence-corrected chi connectivity index (χ2v) is 2.35. The Bertz CT molecular complexity index is 223. The van der Waals surface area contributed by atoms with Crippen molar-refractivity contribution in [3.05, 3.63) is 29.8 Å². The van der Waals surface area contributed by atoms with Gasteiger partial charge in [-0.15, -0.1) is 0 Å². The summed E-state index contributed by atoms with van der Waals surface area (Å²) in [5.41, 5.74) is 1.13. The normalized spacial score (nSPS) is 8.62. The second-order valence-electron chi connectivity index (χ2n) is 2.35. The van der Waals surface area contributed by atoms with E-state index in [1.165, 1.54) is 0 Å². The van der Waals surface area contributed by atoms with Crippen LogP contribution in [0.3, 0.4) is 0 Å². The number of ether oxygens (including phenoxy) is 1. The molecule has 0 aliphatic rings. The Labute approximate surface area is 79.5 Å². The van der Waals surface area contributed by atoms with Crippen LogP contribution in [0.5, 0.6) is 5.75 Å². The van der Waals surface area contributed by atoms with Gasteiger partial charge in [-0.05, 0) is 24.6 Å². The fourth-order valence-corrected chi connectivity index (χ4v) is 0.862. The summed E-state index contributed by atoms with van der Waals surface area (Å²) in [5, 5.41) is 0. The van der Waals surface area contributed by atoms with Crippen LogP contribution in [-0.4, -0.2) is 13.3 Å². The molecule has 0 atom stereocenters. The summed E-state index contributed by atoms with van der Waals surface area (Å²) in [5.74, 6) is 0.739. The maximum atomic E-state index is 11.7. The van der Waals surface area contributed by atoms with Gasteiger partial charge in [0, 0.05) is 0 Å². The number of aryl methyl sites for hydroxylation is 1. The van der Waals surface area contributed by atoms with E-state index in [9.17, 15) is 4.39 Å². The fourth-order valence-electron chi connectivity index (χ4n) is 0.862. The number of hydrogen-bond acceptors (Lipinski definition) is 1. The van der Waals surface area contributed by atoms with E-state index in [4.69, 9.17) is 4.74 Å². The topological polar surface area (TPSA) is 9.23 Å². The Morgan fingerprint density at radius 2 is 2.00 bits per heavy atom. The molecule has 0 heterocycles. The van der Waals surface area contributed by atoms with E-state index in [1.807, 2.05) is 45.0 Å². The van der Waals surface area contributed by atoms with E-state index in [1.54, 1.807) is 0 Å². The van der Waals surface area contributed by atoms with Gasteiger partial charge in [-0.2, -0.15) is 0 Å². The smallest absolute Gasteiger partial charge is 0.123 e. The third-order valence-electron chi connectivity index (χ3n) is 1.34. The van der Waals surface area contributed by atoms with Gasteiger partial charge in [0.15, 0.2) is 0 Å². The van der Waals surface area contributed by atoms with E-state index in [0.29, 0.717) is 0 Å². The minimum absolute atomic E-state index is 0.142. The molecule has 0 aliphatic heterocycles. The molecule has 2 heteroatoms. The van der Waals surface area contributed by atoms with Crippen molar-refractivity contribution < 1.29 is 9.13 Å². The first-order valence-electron chi connectivity index (χ1n) is 4.58. The molecule has 0 unspecified atom stereocenters. The van der Waals surface area contributed by atoms with Crippen LogP contribution in [-0.2, 0) is 0 Å². The highest BCUT2D eigenvalue weighted by atomic mass is 19.1. The minimum atomic E-state index is -0.437. The van der Waals surface area contributed by atoms with E-state index >= 15 is 0 Å². The number of benzene rings is 1. The third kappa shape index (κ3) is 5.23. The highest BCUT2D eigenvalue weighted by molar-refractivity contribution is 5.27. The van der Waals surface area contributed by atoms with E-state index in [2.05, 4.69) is 0 Å². The van der Waals surface area contributed by atoms with Crippen molar-refractivity contribution in [1.82, 2.24) is 0 Å². The van der Waals surface area contributed by atoms with Crippen LogP contribution in [0.2, 0.25) is 0 Å². The first-order valence-corrected chi connectivity index (χ1v) is 4.58. The summed E-state index contributed by atoms with van der Waals surface area (Å²) in [6.07, 6.45) is 0. The molecule has 1 nitrogen and oxygen atoms in total. The molecular weight excluding hydrogens is 167 g/mol. The number of hydrogen-bond donors (Lipinski definition) is 0. The molecule has 0 saturated carbocycles. The van der Waals surface area contributed by atoms with Gasteiger partial charge < -0.3 is 4.74 Å². The molecule has 1 aromatic rings. The van der Waals surface area contributed by atoms with Gasteiger partial charge in [0.05, 0.1) is 0 Å². The average Bonchev–Trinajstić information content (AvgIpc) is 2.18. The lowest BCUT2D eigenvalue weighted by molar-refractivity contribution is 0.273. The average molecular weight is 184 g/mol. The largest absolute Gasteiger partial charge is 0.491 e. The Hall–Kier alpha value is -1.05. The molecule has 0 amide bonds. The van der Waals surface area contributed by atoms with Gasteiger partial charge in [0.25, 0.3) is 0 Å². The van der Waals surface area contributed by atoms with Crippen molar-refractivity contribution >= 4 is 0 Å². The van der Waals surface area contributed by atoms with Gasteiger partial charge in [0.1, 0.15) is 19.0 Å². The predicted molar refractivity (Wildman–Crippen MR) is 54.0 cm³/mol. The van der Waals surface area contributed by atoms with Gasteiger partial charge in [-0.3, -0.25) is 0 Å². The minimum Gasteiger partial charge on any atom is -0.491 e. The van der Waals surface area contributed by atoms with Gasteiger partial charge in [-0.25, -0.2) is 4.39 Å². The lowest BCUT2D eigenvalue weighted by atomic mass is 10.2. The van der Waals surface area contributed by atoms with Crippen molar-refractivity contribution in [2.75, 3.05) is 13.3 Å². The number of alkyl halides is 1. The highest BCUT2D eigenvalue weighted by Crippen LogP contribution is 2.11. The maximum Gasteiger partial charge on any atom is 0.123 e. The predicted octanol–water partition coefficient (Wildman–Crippen LogP) is 3.37. The zero-order valence-corrected chi connectivity index (χ0v) is 8.51. The fraction of sp³-hybridized carbons (Fsp3) is 0.455. The van der Waals surface area contributed by atoms with Crippen LogP contribution in [0, 0.1) is 6.92 Å². The second kappa shape index (κ2) is 7.59. The zero-order valence-electron chi connectivity index (χ0n) is 8.51. The van der Waals surface area contributed by atoms with Gasteiger partial charge in [0.2, 0.25) is 0 Å². The van der Waals surface area contributed by atoms with Crippen molar-refractivity contribution in [3.63, 3.8) is 0 Å². The maximum absolute atomic E-state index is 11.7. The van der Waals surface area contributed by atoms with Crippen molar-refractivity contribution in [2.24, 2.45) is 0 Å². The molecule has 74 valence electrons. The van der Waals surface area contributed by atoms with E-state index in [0.717, 1.165) is 11.3 Å². The molecule has 0 aliphatic carbocycles. The first kappa shape index (κ1) is 11.9. The van der Waals surface area contributed by atoms with Crippen molar-refractivity contribution in [1.29, 1.82) is 0 Å². The molecule has 13 heavy (non-hydrogen) atoms. The molecule has 1 rings (SSSR count). The van der Waals surface area contributed by atoms with Crippen LogP contribution < -0.4 is 4.74 Å². The Kier molecular flexibility index (Phi) is 6.98. The SMILES string of the molecule is CC.Cc1cccc(OCCF)c1.